The first-order valence-corrected chi connectivity index (χ1v) is 8.31. The van der Waals surface area contributed by atoms with Crippen LogP contribution in [0.2, 0.25) is 0 Å². The predicted octanol–water partition coefficient (Wildman–Crippen LogP) is 2.57. The molecular weight excluding hydrogens is 262 g/mol. The molecule has 5 heteroatoms. The summed E-state index contributed by atoms with van der Waals surface area (Å²) in [7, 11) is -3.04. The molecule has 19 heavy (non-hydrogen) atoms. The highest BCUT2D eigenvalue weighted by atomic mass is 32.2. The van der Waals surface area contributed by atoms with Gasteiger partial charge in [0.2, 0.25) is 10.0 Å². The van der Waals surface area contributed by atoms with E-state index in [1.807, 2.05) is 12.1 Å². The van der Waals surface area contributed by atoms with Crippen LogP contribution in [0.1, 0.15) is 24.3 Å². The Morgan fingerprint density at radius 2 is 1.95 bits per heavy atom. The van der Waals surface area contributed by atoms with Crippen molar-refractivity contribution >= 4 is 21.0 Å². The summed E-state index contributed by atoms with van der Waals surface area (Å²) < 4.78 is 29.9. The van der Waals surface area contributed by atoms with E-state index in [1.165, 1.54) is 11.8 Å². The fourth-order valence-corrected chi connectivity index (χ4v) is 3.63. The topological polar surface area (TPSA) is 50.5 Å². The molecule has 1 aromatic heterocycles. The van der Waals surface area contributed by atoms with Gasteiger partial charge in [0.05, 0.1) is 12.5 Å². The fraction of sp³-hybridized carbons (Fsp3) is 0.429. The Morgan fingerprint density at radius 3 is 2.63 bits per heavy atom. The largest absolute Gasteiger partial charge is 0.464 e. The molecule has 3 rings (SSSR count). The lowest BCUT2D eigenvalue weighted by atomic mass is 9.90. The van der Waals surface area contributed by atoms with Gasteiger partial charge in [0, 0.05) is 18.5 Å². The summed E-state index contributed by atoms with van der Waals surface area (Å²) in [5.74, 6) is 0.442. The molecule has 1 fully saturated rings. The van der Waals surface area contributed by atoms with Crippen LogP contribution in [0.25, 0.3) is 11.0 Å². The molecule has 0 N–H and O–H groups in total. The molecule has 1 aliphatic heterocycles. The maximum absolute atomic E-state index is 11.5. The van der Waals surface area contributed by atoms with Crippen LogP contribution in [0.3, 0.4) is 0 Å². The molecule has 0 bridgehead atoms. The van der Waals surface area contributed by atoms with E-state index in [0.717, 1.165) is 23.8 Å². The maximum atomic E-state index is 11.5. The van der Waals surface area contributed by atoms with Crippen molar-refractivity contribution in [2.45, 2.75) is 18.8 Å². The number of furan rings is 1. The summed E-state index contributed by atoms with van der Waals surface area (Å²) in [5, 5.41) is 1.11. The van der Waals surface area contributed by atoms with E-state index >= 15 is 0 Å². The van der Waals surface area contributed by atoms with Gasteiger partial charge in [-0.1, -0.05) is 6.07 Å². The number of hydrogen-bond donors (Lipinski definition) is 0. The van der Waals surface area contributed by atoms with Gasteiger partial charge in [-0.05, 0) is 42.5 Å². The van der Waals surface area contributed by atoms with E-state index in [-0.39, 0.29) is 0 Å². The van der Waals surface area contributed by atoms with Gasteiger partial charge >= 0.3 is 0 Å². The average molecular weight is 279 g/mol. The van der Waals surface area contributed by atoms with Crippen LogP contribution >= 0.6 is 0 Å². The van der Waals surface area contributed by atoms with Crippen molar-refractivity contribution in [1.82, 2.24) is 4.31 Å². The standard InChI is InChI=1S/C14H17NO3S/c1-19(16,17)15-7-4-11(5-8-15)12-2-3-14-13(10-12)6-9-18-14/h2-3,6,9-11H,4-5,7-8H2,1H3. The number of sulfonamides is 1. The zero-order valence-electron chi connectivity index (χ0n) is 10.9. The van der Waals surface area contributed by atoms with E-state index in [2.05, 4.69) is 12.1 Å². The quantitative estimate of drug-likeness (QED) is 0.849. The van der Waals surface area contributed by atoms with Crippen molar-refractivity contribution in [2.75, 3.05) is 19.3 Å². The summed E-state index contributed by atoms with van der Waals surface area (Å²) in [6.07, 6.45) is 4.75. The summed E-state index contributed by atoms with van der Waals surface area (Å²) in [6.45, 7) is 1.24. The number of piperidine rings is 1. The first-order valence-electron chi connectivity index (χ1n) is 6.46. The van der Waals surface area contributed by atoms with E-state index in [9.17, 15) is 8.42 Å². The van der Waals surface area contributed by atoms with E-state index in [4.69, 9.17) is 4.42 Å². The monoisotopic (exact) mass is 279 g/mol. The molecular formula is C14H17NO3S. The molecule has 0 spiro atoms. The normalized spacial score (nSPS) is 19.0. The smallest absolute Gasteiger partial charge is 0.211 e. The van der Waals surface area contributed by atoms with Crippen LogP contribution in [0.4, 0.5) is 0 Å². The van der Waals surface area contributed by atoms with Crippen LogP contribution in [0, 0.1) is 0 Å². The Morgan fingerprint density at radius 1 is 1.21 bits per heavy atom. The van der Waals surface area contributed by atoms with Gasteiger partial charge in [0.25, 0.3) is 0 Å². The van der Waals surface area contributed by atoms with Gasteiger partial charge in [-0.2, -0.15) is 0 Å². The third-order valence-electron chi connectivity index (χ3n) is 3.87. The van der Waals surface area contributed by atoms with Gasteiger partial charge in [0.1, 0.15) is 5.58 Å². The second-order valence-electron chi connectivity index (χ2n) is 5.15. The molecule has 0 amide bonds. The second kappa shape index (κ2) is 4.65. The number of hydrogen-bond acceptors (Lipinski definition) is 3. The molecule has 1 aliphatic rings. The zero-order valence-corrected chi connectivity index (χ0v) is 11.7. The maximum Gasteiger partial charge on any atom is 0.211 e. The van der Waals surface area contributed by atoms with Gasteiger partial charge in [-0.25, -0.2) is 12.7 Å². The number of fused-ring (bicyclic) bond motifs is 1. The highest BCUT2D eigenvalue weighted by Gasteiger charge is 2.25. The van der Waals surface area contributed by atoms with Crippen LogP contribution < -0.4 is 0 Å². The van der Waals surface area contributed by atoms with Crippen molar-refractivity contribution in [3.63, 3.8) is 0 Å². The molecule has 1 saturated heterocycles. The summed E-state index contributed by atoms with van der Waals surface area (Å²) in [4.78, 5) is 0. The highest BCUT2D eigenvalue weighted by molar-refractivity contribution is 7.88. The number of nitrogens with zero attached hydrogens (tertiary/aromatic N) is 1. The SMILES string of the molecule is CS(=O)(=O)N1CCC(c2ccc3occc3c2)CC1. The fourth-order valence-electron chi connectivity index (χ4n) is 2.76. The van der Waals surface area contributed by atoms with Gasteiger partial charge in [-0.15, -0.1) is 0 Å². The highest BCUT2D eigenvalue weighted by Crippen LogP contribution is 2.31. The molecule has 0 unspecified atom stereocenters. The van der Waals surface area contributed by atoms with Gasteiger partial charge < -0.3 is 4.42 Å². The summed E-state index contributed by atoms with van der Waals surface area (Å²) in [6, 6.07) is 8.20. The molecule has 0 atom stereocenters. The lowest BCUT2D eigenvalue weighted by Crippen LogP contribution is -2.37. The van der Waals surface area contributed by atoms with Gasteiger partial charge in [-0.3, -0.25) is 0 Å². The Balaban J connectivity index is 1.77. The molecule has 0 aliphatic carbocycles. The molecule has 1 aromatic carbocycles. The lowest BCUT2D eigenvalue weighted by molar-refractivity contribution is 0.321. The van der Waals surface area contributed by atoms with Crippen molar-refractivity contribution in [3.8, 4) is 0 Å². The first kappa shape index (κ1) is 12.7. The predicted molar refractivity (Wildman–Crippen MR) is 74.6 cm³/mol. The average Bonchev–Trinajstić information content (AvgIpc) is 2.85. The Bertz CT molecular complexity index is 682. The van der Waals surface area contributed by atoms with Crippen LogP contribution in [-0.2, 0) is 10.0 Å². The summed E-state index contributed by atoms with van der Waals surface area (Å²) in [5.41, 5.74) is 2.18. The molecule has 2 aromatic rings. The third-order valence-corrected chi connectivity index (χ3v) is 5.17. The molecule has 0 radical (unpaired) electrons. The molecule has 102 valence electrons. The molecule has 0 saturated carbocycles. The Labute approximate surface area is 113 Å². The van der Waals surface area contributed by atoms with Crippen LogP contribution in [-0.4, -0.2) is 32.1 Å². The third kappa shape index (κ3) is 2.53. The summed E-state index contributed by atoms with van der Waals surface area (Å²) >= 11 is 0. The minimum Gasteiger partial charge on any atom is -0.464 e. The number of rotatable bonds is 2. The first-order chi connectivity index (χ1) is 9.04. The van der Waals surface area contributed by atoms with E-state index < -0.39 is 10.0 Å². The van der Waals surface area contributed by atoms with E-state index in [1.54, 1.807) is 10.6 Å². The van der Waals surface area contributed by atoms with Crippen LogP contribution in [0.15, 0.2) is 34.9 Å². The molecule has 2 heterocycles. The molecule has 4 nitrogen and oxygen atoms in total. The van der Waals surface area contributed by atoms with E-state index in [0.29, 0.717) is 19.0 Å². The van der Waals surface area contributed by atoms with Crippen molar-refractivity contribution < 1.29 is 12.8 Å². The zero-order chi connectivity index (χ0) is 13.5. The minimum absolute atomic E-state index is 0.442. The minimum atomic E-state index is -3.04. The second-order valence-corrected chi connectivity index (χ2v) is 7.14. The Kier molecular flexibility index (Phi) is 3.11. The van der Waals surface area contributed by atoms with Gasteiger partial charge in [0.15, 0.2) is 0 Å². The van der Waals surface area contributed by atoms with Crippen molar-refractivity contribution in [2.24, 2.45) is 0 Å². The Hall–Kier alpha value is -1.33. The van der Waals surface area contributed by atoms with Crippen LogP contribution in [0.5, 0.6) is 0 Å². The van der Waals surface area contributed by atoms with Crippen molar-refractivity contribution in [1.29, 1.82) is 0 Å². The number of benzene rings is 1. The lowest BCUT2D eigenvalue weighted by Gasteiger charge is -2.30. The van der Waals surface area contributed by atoms with Crippen molar-refractivity contribution in [3.05, 3.63) is 36.1 Å².